The van der Waals surface area contributed by atoms with E-state index in [0.29, 0.717) is 29.4 Å². The van der Waals surface area contributed by atoms with E-state index in [1.54, 1.807) is 36.2 Å². The van der Waals surface area contributed by atoms with Crippen molar-refractivity contribution in [2.45, 2.75) is 44.7 Å². The van der Waals surface area contributed by atoms with Crippen LogP contribution in [0.2, 0.25) is 0 Å². The van der Waals surface area contributed by atoms with Crippen LogP contribution in [0.3, 0.4) is 0 Å². The van der Waals surface area contributed by atoms with E-state index in [-0.39, 0.29) is 12.5 Å². The van der Waals surface area contributed by atoms with E-state index in [1.165, 1.54) is 38.8 Å². The molecule has 0 radical (unpaired) electrons. The summed E-state index contributed by atoms with van der Waals surface area (Å²) in [6.45, 7) is 2.79. The molecule has 2 fully saturated rings. The van der Waals surface area contributed by atoms with Gasteiger partial charge in [0, 0.05) is 19.6 Å². The Morgan fingerprint density at radius 2 is 1.93 bits per heavy atom. The van der Waals surface area contributed by atoms with Crippen molar-refractivity contribution in [2.24, 2.45) is 5.92 Å². The number of hydrogen-bond donors (Lipinski definition) is 1. The number of likely N-dealkylation sites (N-methyl/N-ethyl adjacent to an activating group) is 1. The van der Waals surface area contributed by atoms with Gasteiger partial charge in [0.25, 0.3) is 5.56 Å². The fourth-order valence-corrected chi connectivity index (χ4v) is 4.84. The van der Waals surface area contributed by atoms with Crippen molar-refractivity contribution in [3.05, 3.63) is 45.1 Å². The number of aromatic nitrogens is 2. The minimum atomic E-state index is -0.540. The normalized spacial score (nSPS) is 22.8. The Bertz CT molecular complexity index is 978. The molecule has 4 rings (SSSR count). The van der Waals surface area contributed by atoms with Crippen LogP contribution in [0.1, 0.15) is 32.1 Å². The molecule has 1 N–H and O–H groups in total. The molecule has 150 valence electrons. The Morgan fingerprint density at radius 3 is 2.79 bits per heavy atom. The van der Waals surface area contributed by atoms with E-state index in [2.05, 4.69) is 9.88 Å². The van der Waals surface area contributed by atoms with E-state index in [4.69, 9.17) is 0 Å². The third kappa shape index (κ3) is 3.63. The Morgan fingerprint density at radius 1 is 1.14 bits per heavy atom. The monoisotopic (exact) mass is 384 g/mol. The summed E-state index contributed by atoms with van der Waals surface area (Å²) >= 11 is 0. The molecule has 2 saturated heterocycles. The van der Waals surface area contributed by atoms with Gasteiger partial charge in [-0.2, -0.15) is 0 Å². The fourth-order valence-electron chi connectivity index (χ4n) is 4.84. The Hall–Kier alpha value is -2.41. The molecule has 7 heteroatoms. The van der Waals surface area contributed by atoms with Crippen molar-refractivity contribution in [3.8, 4) is 0 Å². The summed E-state index contributed by atoms with van der Waals surface area (Å²) in [5.74, 6) is 0.269. The fraction of sp³-hybridized carbons (Fsp3) is 0.571. The van der Waals surface area contributed by atoms with Gasteiger partial charge in [0.1, 0.15) is 6.54 Å². The minimum absolute atomic E-state index is 0.198. The van der Waals surface area contributed by atoms with Gasteiger partial charge < -0.3 is 14.8 Å². The van der Waals surface area contributed by atoms with Crippen molar-refractivity contribution in [3.63, 3.8) is 0 Å². The maximum Gasteiger partial charge on any atom is 0.329 e. The number of rotatable bonds is 4. The van der Waals surface area contributed by atoms with Crippen LogP contribution in [0.5, 0.6) is 0 Å². The first kappa shape index (κ1) is 18.9. The lowest BCUT2D eigenvalue weighted by molar-refractivity contribution is -0.131. The van der Waals surface area contributed by atoms with Gasteiger partial charge >= 0.3 is 5.69 Å². The number of fused-ring (bicyclic) bond motifs is 2. The number of carbonyl (C=O) groups excluding carboxylic acids is 1. The van der Waals surface area contributed by atoms with Gasteiger partial charge in [-0.15, -0.1) is 0 Å². The van der Waals surface area contributed by atoms with E-state index < -0.39 is 11.2 Å². The summed E-state index contributed by atoms with van der Waals surface area (Å²) < 4.78 is 1.01. The van der Waals surface area contributed by atoms with Gasteiger partial charge in [-0.25, -0.2) is 4.79 Å². The lowest BCUT2D eigenvalue weighted by Gasteiger charge is -2.45. The van der Waals surface area contributed by atoms with E-state index in [1.807, 2.05) is 0 Å². The quantitative estimate of drug-likeness (QED) is 0.865. The van der Waals surface area contributed by atoms with Crippen LogP contribution < -0.4 is 11.2 Å². The van der Waals surface area contributed by atoms with Crippen LogP contribution in [-0.4, -0.2) is 58.0 Å². The van der Waals surface area contributed by atoms with E-state index in [0.717, 1.165) is 11.0 Å². The molecule has 0 unspecified atom stereocenters. The number of H-pyrrole nitrogens is 1. The molecule has 2 aromatic rings. The molecule has 3 heterocycles. The highest BCUT2D eigenvalue weighted by Crippen LogP contribution is 2.31. The topological polar surface area (TPSA) is 78.4 Å². The van der Waals surface area contributed by atoms with Crippen molar-refractivity contribution < 1.29 is 4.79 Å². The second-order valence-corrected chi connectivity index (χ2v) is 8.14. The summed E-state index contributed by atoms with van der Waals surface area (Å²) in [6.07, 6.45) is 6.04. The van der Waals surface area contributed by atoms with Gasteiger partial charge in [-0.05, 0) is 56.8 Å². The number of benzene rings is 1. The SMILES string of the molecule is CN(C[C@H]1CCCN2CCCC[C@@H]12)C(=O)Cn1c(=O)[nH]c2ccccc2c1=O. The first-order valence-corrected chi connectivity index (χ1v) is 10.2. The number of amides is 1. The first-order chi connectivity index (χ1) is 13.5. The van der Waals surface area contributed by atoms with Crippen molar-refractivity contribution in [1.82, 2.24) is 19.4 Å². The molecule has 0 saturated carbocycles. The van der Waals surface area contributed by atoms with E-state index >= 15 is 0 Å². The number of nitrogens with zero attached hydrogens (tertiary/aromatic N) is 3. The first-order valence-electron chi connectivity index (χ1n) is 10.2. The third-order valence-electron chi connectivity index (χ3n) is 6.35. The second kappa shape index (κ2) is 7.91. The molecule has 2 aliphatic rings. The molecule has 0 spiro atoms. The molecule has 2 atom stereocenters. The molecule has 1 aromatic carbocycles. The predicted molar refractivity (Wildman–Crippen MR) is 108 cm³/mol. The molecular formula is C21H28N4O3. The Balaban J connectivity index is 1.48. The highest BCUT2D eigenvalue weighted by molar-refractivity contribution is 5.78. The third-order valence-corrected chi connectivity index (χ3v) is 6.35. The molecule has 1 amide bonds. The van der Waals surface area contributed by atoms with Crippen LogP contribution in [0.25, 0.3) is 10.9 Å². The van der Waals surface area contributed by atoms with Crippen LogP contribution in [0, 0.1) is 5.92 Å². The second-order valence-electron chi connectivity index (χ2n) is 8.14. The molecule has 0 bridgehead atoms. The average Bonchev–Trinajstić information content (AvgIpc) is 2.71. The van der Waals surface area contributed by atoms with Gasteiger partial charge in [-0.1, -0.05) is 18.6 Å². The molecule has 1 aromatic heterocycles. The largest absolute Gasteiger partial charge is 0.344 e. The zero-order chi connectivity index (χ0) is 19.7. The van der Waals surface area contributed by atoms with Crippen molar-refractivity contribution in [2.75, 3.05) is 26.7 Å². The number of nitrogens with one attached hydrogen (secondary N) is 1. The molecule has 0 aliphatic carbocycles. The summed E-state index contributed by atoms with van der Waals surface area (Å²) in [5.41, 5.74) is -0.465. The van der Waals surface area contributed by atoms with Crippen molar-refractivity contribution in [1.29, 1.82) is 0 Å². The van der Waals surface area contributed by atoms with Gasteiger partial charge in [-0.3, -0.25) is 14.2 Å². The Kier molecular flexibility index (Phi) is 5.35. The van der Waals surface area contributed by atoms with E-state index in [9.17, 15) is 14.4 Å². The number of hydrogen-bond acceptors (Lipinski definition) is 4. The number of carbonyl (C=O) groups is 1. The maximum absolute atomic E-state index is 12.8. The molecule has 2 aliphatic heterocycles. The lowest BCUT2D eigenvalue weighted by Crippen LogP contribution is -2.51. The zero-order valence-electron chi connectivity index (χ0n) is 16.4. The summed E-state index contributed by atoms with van der Waals surface area (Å²) in [7, 11) is 1.78. The van der Waals surface area contributed by atoms with Crippen LogP contribution in [-0.2, 0) is 11.3 Å². The van der Waals surface area contributed by atoms with Gasteiger partial charge in [0.15, 0.2) is 0 Å². The zero-order valence-corrected chi connectivity index (χ0v) is 16.4. The van der Waals surface area contributed by atoms with Crippen LogP contribution >= 0.6 is 0 Å². The smallest absolute Gasteiger partial charge is 0.329 e. The summed E-state index contributed by atoms with van der Waals surface area (Å²) in [6, 6.07) is 7.43. The number of para-hydroxylation sites is 1. The van der Waals surface area contributed by atoms with Crippen molar-refractivity contribution >= 4 is 16.8 Å². The summed E-state index contributed by atoms with van der Waals surface area (Å²) in [5, 5.41) is 0.419. The Labute approximate surface area is 163 Å². The predicted octanol–water partition coefficient (Wildman–Crippen LogP) is 1.41. The van der Waals surface area contributed by atoms with Crippen LogP contribution in [0.15, 0.2) is 33.9 Å². The maximum atomic E-state index is 12.8. The number of piperidine rings is 2. The molecule has 7 nitrogen and oxygen atoms in total. The molecule has 28 heavy (non-hydrogen) atoms. The van der Waals surface area contributed by atoms with Gasteiger partial charge in [0.2, 0.25) is 5.91 Å². The minimum Gasteiger partial charge on any atom is -0.344 e. The summed E-state index contributed by atoms with van der Waals surface area (Å²) in [4.78, 5) is 44.7. The molecular weight excluding hydrogens is 356 g/mol. The van der Waals surface area contributed by atoms with Crippen LogP contribution in [0.4, 0.5) is 0 Å². The van der Waals surface area contributed by atoms with Gasteiger partial charge in [0.05, 0.1) is 10.9 Å². The highest BCUT2D eigenvalue weighted by Gasteiger charge is 2.34. The highest BCUT2D eigenvalue weighted by atomic mass is 16.2. The average molecular weight is 384 g/mol. The standard InChI is InChI=1S/C21H28N4O3/c1-23(13-15-7-6-12-24-11-5-4-10-18(15)24)19(26)14-25-20(27)16-8-2-3-9-17(16)22-21(25)28/h2-3,8-9,15,18H,4-7,10-14H2,1H3,(H,22,28)/t15-,18+/m1/s1. The number of aromatic amines is 1. The lowest BCUT2D eigenvalue weighted by atomic mass is 9.83.